The summed E-state index contributed by atoms with van der Waals surface area (Å²) in [6, 6.07) is 12.0. The summed E-state index contributed by atoms with van der Waals surface area (Å²) in [5.74, 6) is -1.71. The lowest BCUT2D eigenvalue weighted by molar-refractivity contribution is -0.137. The van der Waals surface area contributed by atoms with Gasteiger partial charge < -0.3 is 10.4 Å². The summed E-state index contributed by atoms with van der Waals surface area (Å²) in [7, 11) is 0. The van der Waals surface area contributed by atoms with Gasteiger partial charge in [-0.05, 0) is 67.0 Å². The zero-order valence-electron chi connectivity index (χ0n) is 20.3. The lowest BCUT2D eigenvalue weighted by Gasteiger charge is -2.29. The third-order valence-electron chi connectivity index (χ3n) is 5.97. The fraction of sp³-hybridized carbons (Fsp3) is 0.296. The van der Waals surface area contributed by atoms with Gasteiger partial charge in [-0.2, -0.15) is 23.5 Å². The van der Waals surface area contributed by atoms with Gasteiger partial charge in [0.1, 0.15) is 11.9 Å². The first-order valence-electron chi connectivity index (χ1n) is 11.6. The Bertz CT molecular complexity index is 1220. The van der Waals surface area contributed by atoms with Gasteiger partial charge in [-0.3, -0.25) is 9.59 Å². The highest BCUT2D eigenvalue weighted by Gasteiger charge is 2.32. The summed E-state index contributed by atoms with van der Waals surface area (Å²) in [5, 5.41) is 25.2. The zero-order chi connectivity index (χ0) is 28.1. The number of carbonyl (C=O) groups is 2. The fourth-order valence-electron chi connectivity index (χ4n) is 4.16. The largest absolute Gasteiger partial charge is 0.483 e. The number of alkyl halides is 3. The topological polar surface area (TPSA) is 115 Å². The Morgan fingerprint density at radius 1 is 1.21 bits per heavy atom. The average molecular weight is 531 g/mol. The predicted octanol–water partition coefficient (Wildman–Crippen LogP) is 6.14. The normalized spacial score (nSPS) is 17.6. The van der Waals surface area contributed by atoms with Crippen molar-refractivity contribution in [2.45, 2.75) is 44.2 Å². The Kier molecular flexibility index (Phi) is 11.3. The van der Waals surface area contributed by atoms with Crippen LogP contribution in [0.1, 0.15) is 48.3 Å². The second kappa shape index (κ2) is 14.4. The number of hydrogen-bond donors (Lipinski definition) is 2. The predicted molar refractivity (Wildman–Crippen MR) is 135 cm³/mol. The van der Waals surface area contributed by atoms with Crippen molar-refractivity contribution in [1.82, 2.24) is 0 Å². The molecule has 2 unspecified atom stereocenters. The van der Waals surface area contributed by atoms with Gasteiger partial charge in [0, 0.05) is 12.6 Å². The molecule has 11 heteroatoms. The first-order chi connectivity index (χ1) is 18.1. The van der Waals surface area contributed by atoms with Gasteiger partial charge in [0.25, 0.3) is 6.47 Å². The fourth-order valence-corrected chi connectivity index (χ4v) is 4.16. The van der Waals surface area contributed by atoms with Crippen LogP contribution in [0.3, 0.4) is 0 Å². The van der Waals surface area contributed by atoms with Crippen molar-refractivity contribution in [2.75, 3.05) is 5.32 Å². The number of carbonyl (C=O) groups excluding carboxylic acids is 1. The molecule has 200 valence electrons. The quantitative estimate of drug-likeness (QED) is 0.194. The van der Waals surface area contributed by atoms with Gasteiger partial charge in [-0.25, -0.2) is 4.39 Å². The van der Waals surface area contributed by atoms with E-state index in [2.05, 4.69) is 22.2 Å². The molecule has 0 aromatic heterocycles. The van der Waals surface area contributed by atoms with E-state index in [0.29, 0.717) is 25.3 Å². The molecule has 0 radical (unpaired) electrons. The minimum atomic E-state index is -4.65. The van der Waals surface area contributed by atoms with Crippen LogP contribution in [0.4, 0.5) is 23.2 Å². The summed E-state index contributed by atoms with van der Waals surface area (Å²) >= 11 is 0. The average Bonchev–Trinajstić information content (AvgIpc) is 2.89. The van der Waals surface area contributed by atoms with Crippen molar-refractivity contribution in [1.29, 1.82) is 5.26 Å². The maximum atomic E-state index is 14.1. The number of amides is 1. The number of halogens is 4. The molecule has 1 aliphatic carbocycles. The van der Waals surface area contributed by atoms with Crippen LogP contribution in [0.15, 0.2) is 64.8 Å². The summed E-state index contributed by atoms with van der Waals surface area (Å²) < 4.78 is 52.3. The minimum Gasteiger partial charge on any atom is -0.483 e. The van der Waals surface area contributed by atoms with E-state index in [9.17, 15) is 22.4 Å². The maximum Gasteiger partial charge on any atom is 0.416 e. The molecule has 0 aliphatic heterocycles. The number of nitrogens with zero attached hydrogens (tertiary/aromatic N) is 3. The first kappa shape index (κ1) is 29.9. The number of anilines is 1. The number of hydrogen-bond acceptors (Lipinski definition) is 5. The van der Waals surface area contributed by atoms with Gasteiger partial charge >= 0.3 is 6.18 Å². The molecule has 2 atom stereocenters. The summed E-state index contributed by atoms with van der Waals surface area (Å²) in [4.78, 5) is 21.1. The van der Waals surface area contributed by atoms with Gasteiger partial charge in [0.05, 0.1) is 11.3 Å². The monoisotopic (exact) mass is 530 g/mol. The van der Waals surface area contributed by atoms with Crippen molar-refractivity contribution in [3.63, 3.8) is 0 Å². The molecular weight excluding hydrogens is 504 g/mol. The van der Waals surface area contributed by atoms with E-state index < -0.39 is 17.6 Å². The number of nitriles is 1. The van der Waals surface area contributed by atoms with E-state index in [1.165, 1.54) is 0 Å². The molecular formula is C27H26F4N4O3. The number of rotatable bonds is 7. The molecule has 1 aliphatic rings. The van der Waals surface area contributed by atoms with E-state index in [4.69, 9.17) is 15.2 Å². The molecule has 2 aromatic rings. The van der Waals surface area contributed by atoms with Crippen LogP contribution in [0, 0.1) is 23.1 Å². The second-order valence-electron chi connectivity index (χ2n) is 8.43. The van der Waals surface area contributed by atoms with Crippen LogP contribution < -0.4 is 5.32 Å². The highest BCUT2D eigenvalue weighted by atomic mass is 19.4. The van der Waals surface area contributed by atoms with E-state index >= 15 is 0 Å². The van der Waals surface area contributed by atoms with Crippen LogP contribution in [0.25, 0.3) is 0 Å². The Morgan fingerprint density at radius 2 is 1.89 bits per heavy atom. The van der Waals surface area contributed by atoms with Gasteiger partial charge in [0.15, 0.2) is 5.71 Å². The van der Waals surface area contributed by atoms with Crippen LogP contribution in [-0.4, -0.2) is 29.9 Å². The van der Waals surface area contributed by atoms with E-state index in [1.54, 1.807) is 6.08 Å². The van der Waals surface area contributed by atoms with Crippen molar-refractivity contribution in [3.8, 4) is 6.07 Å². The SMILES string of the molecule is C=N/N=C(C#N)\C=C/Cc1ccc(C2CCCC(C(=O)Nc3ccc(C(F)(F)F)cc3F)C2)cc1.O=CO. The van der Waals surface area contributed by atoms with E-state index in [-0.39, 0.29) is 35.6 Å². The Morgan fingerprint density at radius 3 is 2.47 bits per heavy atom. The van der Waals surface area contributed by atoms with Crippen molar-refractivity contribution in [3.05, 3.63) is 77.1 Å². The standard InChI is InChI=1S/C26H24F4N4O.CH2O2/c1-32-34-22(16-31)7-2-4-17-8-10-18(11-9-17)19-5-3-6-20(14-19)25(35)33-24-13-12-21(15-23(24)27)26(28,29)30;2-1-3/h2,7-13,15,19-20H,1,3-6,14H2,(H,33,35);1H,(H,2,3)/b7-2-,34-22+;. The molecule has 3 rings (SSSR count). The maximum absolute atomic E-state index is 14.1. The Labute approximate surface area is 217 Å². The number of carboxylic acid groups (broad SMARTS) is 1. The molecule has 0 heterocycles. The first-order valence-corrected chi connectivity index (χ1v) is 11.6. The summed E-state index contributed by atoms with van der Waals surface area (Å²) in [5.41, 5.74) is 0.940. The minimum absolute atomic E-state index is 0.150. The molecule has 2 aromatic carbocycles. The highest BCUT2D eigenvalue weighted by molar-refractivity contribution is 6.07. The van der Waals surface area contributed by atoms with Crippen LogP contribution in [-0.2, 0) is 22.2 Å². The van der Waals surface area contributed by atoms with Crippen LogP contribution in [0.2, 0.25) is 0 Å². The molecule has 0 saturated heterocycles. The van der Waals surface area contributed by atoms with Gasteiger partial charge in [-0.15, -0.1) is 5.10 Å². The number of allylic oxidation sites excluding steroid dienone is 2. The van der Waals surface area contributed by atoms with E-state index in [0.717, 1.165) is 36.1 Å². The second-order valence-corrected chi connectivity index (χ2v) is 8.43. The number of benzene rings is 2. The molecule has 1 saturated carbocycles. The highest BCUT2D eigenvalue weighted by Crippen LogP contribution is 2.37. The molecule has 7 nitrogen and oxygen atoms in total. The molecule has 38 heavy (non-hydrogen) atoms. The smallest absolute Gasteiger partial charge is 0.416 e. The molecule has 2 N–H and O–H groups in total. The molecule has 0 bridgehead atoms. The van der Waals surface area contributed by atoms with Crippen molar-refractivity contribution >= 4 is 30.5 Å². The summed E-state index contributed by atoms with van der Waals surface area (Å²) in [6.07, 6.45) is 2.27. The third kappa shape index (κ3) is 8.96. The lowest BCUT2D eigenvalue weighted by atomic mass is 9.77. The van der Waals surface area contributed by atoms with Crippen molar-refractivity contribution < 1.29 is 32.3 Å². The van der Waals surface area contributed by atoms with Crippen molar-refractivity contribution in [2.24, 2.45) is 16.1 Å². The number of nitrogens with one attached hydrogen (secondary N) is 1. The van der Waals surface area contributed by atoms with Crippen LogP contribution >= 0.6 is 0 Å². The Hall–Kier alpha value is -4.33. The van der Waals surface area contributed by atoms with E-state index in [1.807, 2.05) is 36.4 Å². The summed E-state index contributed by atoms with van der Waals surface area (Å²) in [6.45, 7) is 2.97. The molecule has 1 fully saturated rings. The molecule has 0 spiro atoms. The third-order valence-corrected chi connectivity index (χ3v) is 5.97. The lowest BCUT2D eigenvalue weighted by Crippen LogP contribution is -2.28. The van der Waals surface area contributed by atoms with Crippen LogP contribution in [0.5, 0.6) is 0 Å². The molecule has 1 amide bonds. The Balaban J connectivity index is 0.00000161. The van der Waals surface area contributed by atoms with Gasteiger partial charge in [-0.1, -0.05) is 36.8 Å². The zero-order valence-corrected chi connectivity index (χ0v) is 20.3. The van der Waals surface area contributed by atoms with Gasteiger partial charge in [0.2, 0.25) is 5.91 Å².